The highest BCUT2D eigenvalue weighted by atomic mass is 16.4. The number of hydrogen-bond donors (Lipinski definition) is 3. The minimum Gasteiger partial charge on any atom is -0.480 e. The molecule has 0 aromatic rings. The number of nitrogens with two attached hydrogens (primary N) is 1. The molecule has 26 heavy (non-hydrogen) atoms. The molecule has 0 radical (unpaired) electrons. The molecule has 2 amide bonds. The molecule has 0 aliphatic rings. The Kier molecular flexibility index (Phi) is 14.9. The molecule has 0 spiro atoms. The molecule has 0 saturated carbocycles. The van der Waals surface area contributed by atoms with E-state index in [1.165, 1.54) is 44.9 Å². The summed E-state index contributed by atoms with van der Waals surface area (Å²) in [5.41, 5.74) is 5.25. The van der Waals surface area contributed by atoms with Crippen LogP contribution >= 0.6 is 0 Å². The Morgan fingerprint density at radius 3 is 1.69 bits per heavy atom. The predicted molar refractivity (Wildman–Crippen MR) is 100 cm³/mol. The zero-order chi connectivity index (χ0) is 19.8. The van der Waals surface area contributed by atoms with Gasteiger partial charge in [-0.3, -0.25) is 14.5 Å². The molecule has 1 atom stereocenters. The van der Waals surface area contributed by atoms with Crippen LogP contribution in [0.25, 0.3) is 0 Å². The maximum atomic E-state index is 12.2. The first-order valence-electron chi connectivity index (χ1n) is 9.88. The highest BCUT2D eigenvalue weighted by Gasteiger charge is 2.33. The molecule has 0 rings (SSSR count). The minimum atomic E-state index is -1.56. The Labute approximate surface area is 156 Å². The first-order valence-corrected chi connectivity index (χ1v) is 9.88. The standard InChI is InChI=1S/C19H36N2O5/c1-2-3-4-5-6-7-8-9-10-11-12-13-17(23)21(18(24)14-20)16(15-22)19(25)26/h16,22H,2-15,20H2,1H3,(H,25,26). The summed E-state index contributed by atoms with van der Waals surface area (Å²) in [6, 6.07) is -1.56. The van der Waals surface area contributed by atoms with Crippen molar-refractivity contribution >= 4 is 17.8 Å². The van der Waals surface area contributed by atoms with Crippen LogP contribution in [0.3, 0.4) is 0 Å². The molecule has 7 nitrogen and oxygen atoms in total. The smallest absolute Gasteiger partial charge is 0.329 e. The Hall–Kier alpha value is -1.47. The van der Waals surface area contributed by atoms with Crippen LogP contribution in [-0.2, 0) is 14.4 Å². The molecule has 0 aliphatic heterocycles. The van der Waals surface area contributed by atoms with E-state index in [2.05, 4.69) is 6.92 Å². The molecule has 7 heteroatoms. The number of rotatable bonds is 16. The van der Waals surface area contributed by atoms with Crippen molar-refractivity contribution in [3.8, 4) is 0 Å². The molecule has 0 saturated heterocycles. The fourth-order valence-corrected chi connectivity index (χ4v) is 2.92. The summed E-state index contributed by atoms with van der Waals surface area (Å²) in [5.74, 6) is -2.78. The normalized spacial score (nSPS) is 12.0. The molecule has 0 fully saturated rings. The molecule has 4 N–H and O–H groups in total. The van der Waals surface area contributed by atoms with Crippen LogP contribution in [0.5, 0.6) is 0 Å². The van der Waals surface area contributed by atoms with Crippen molar-refractivity contribution in [2.24, 2.45) is 5.73 Å². The first kappa shape index (κ1) is 24.5. The van der Waals surface area contributed by atoms with E-state index in [1.54, 1.807) is 0 Å². The highest BCUT2D eigenvalue weighted by Crippen LogP contribution is 2.13. The molecule has 152 valence electrons. The third-order valence-corrected chi connectivity index (χ3v) is 4.48. The van der Waals surface area contributed by atoms with Crippen LogP contribution < -0.4 is 5.73 Å². The van der Waals surface area contributed by atoms with Crippen molar-refractivity contribution < 1.29 is 24.6 Å². The van der Waals surface area contributed by atoms with Crippen molar-refractivity contribution in [3.05, 3.63) is 0 Å². The lowest BCUT2D eigenvalue weighted by Gasteiger charge is -2.25. The number of aliphatic carboxylic acids is 1. The predicted octanol–water partition coefficient (Wildman–Crippen LogP) is 2.45. The van der Waals surface area contributed by atoms with Crippen LogP contribution in [0.15, 0.2) is 0 Å². The molecule has 0 aromatic heterocycles. The van der Waals surface area contributed by atoms with Crippen molar-refractivity contribution in [2.75, 3.05) is 13.2 Å². The van der Waals surface area contributed by atoms with Crippen LogP contribution in [0.2, 0.25) is 0 Å². The summed E-state index contributed by atoms with van der Waals surface area (Å²) in [6.45, 7) is 0.931. The van der Waals surface area contributed by atoms with Gasteiger partial charge in [-0.15, -0.1) is 0 Å². The van der Waals surface area contributed by atoms with Crippen molar-refractivity contribution in [1.29, 1.82) is 0 Å². The number of carbonyl (C=O) groups excluding carboxylic acids is 2. The minimum absolute atomic E-state index is 0.0898. The number of aliphatic hydroxyl groups is 1. The Morgan fingerprint density at radius 2 is 1.31 bits per heavy atom. The monoisotopic (exact) mass is 372 g/mol. The van der Waals surface area contributed by atoms with Gasteiger partial charge in [-0.25, -0.2) is 4.79 Å². The Bertz CT molecular complexity index is 415. The largest absolute Gasteiger partial charge is 0.480 e. The summed E-state index contributed by atoms with van der Waals surface area (Å²) in [6.07, 6.45) is 12.6. The second-order valence-corrected chi connectivity index (χ2v) is 6.68. The first-order chi connectivity index (χ1) is 12.5. The van der Waals surface area contributed by atoms with Crippen molar-refractivity contribution in [1.82, 2.24) is 4.90 Å². The van der Waals surface area contributed by atoms with Crippen molar-refractivity contribution in [3.63, 3.8) is 0 Å². The van der Waals surface area contributed by atoms with E-state index in [1.807, 2.05) is 0 Å². The average molecular weight is 373 g/mol. The topological polar surface area (TPSA) is 121 Å². The van der Waals surface area contributed by atoms with E-state index in [-0.39, 0.29) is 6.42 Å². The Morgan fingerprint density at radius 1 is 0.846 bits per heavy atom. The highest BCUT2D eigenvalue weighted by molar-refractivity contribution is 6.00. The number of hydrogen-bond acceptors (Lipinski definition) is 5. The Balaban J connectivity index is 3.99. The van der Waals surface area contributed by atoms with Gasteiger partial charge in [-0.1, -0.05) is 71.1 Å². The van der Waals surface area contributed by atoms with Gasteiger partial charge in [-0.05, 0) is 6.42 Å². The van der Waals surface area contributed by atoms with E-state index < -0.39 is 37.0 Å². The number of amides is 2. The number of imide groups is 1. The number of unbranched alkanes of at least 4 members (excludes halogenated alkanes) is 10. The average Bonchev–Trinajstić information content (AvgIpc) is 2.62. The van der Waals surface area contributed by atoms with Crippen LogP contribution in [0.4, 0.5) is 0 Å². The van der Waals surface area contributed by atoms with Gasteiger partial charge in [0.2, 0.25) is 11.8 Å². The van der Waals surface area contributed by atoms with Gasteiger partial charge >= 0.3 is 5.97 Å². The zero-order valence-electron chi connectivity index (χ0n) is 16.1. The number of nitrogens with zero attached hydrogens (tertiary/aromatic N) is 1. The van der Waals surface area contributed by atoms with Crippen LogP contribution in [0.1, 0.15) is 84.0 Å². The quantitative estimate of drug-likeness (QED) is 0.358. The summed E-state index contributed by atoms with van der Waals surface area (Å²) >= 11 is 0. The number of carboxylic acid groups (broad SMARTS) is 1. The molecular formula is C19H36N2O5. The summed E-state index contributed by atoms with van der Waals surface area (Å²) in [5, 5.41) is 18.2. The van der Waals surface area contributed by atoms with E-state index in [4.69, 9.17) is 15.9 Å². The lowest BCUT2D eigenvalue weighted by Crippen LogP contribution is -2.52. The lowest BCUT2D eigenvalue weighted by molar-refractivity contribution is -0.159. The number of aliphatic hydroxyl groups excluding tert-OH is 1. The lowest BCUT2D eigenvalue weighted by atomic mass is 10.0. The zero-order valence-corrected chi connectivity index (χ0v) is 16.1. The molecule has 0 heterocycles. The second kappa shape index (κ2) is 15.8. The van der Waals surface area contributed by atoms with Gasteiger partial charge < -0.3 is 15.9 Å². The third kappa shape index (κ3) is 10.5. The fourth-order valence-electron chi connectivity index (χ4n) is 2.92. The molecule has 0 bridgehead atoms. The molecule has 1 unspecified atom stereocenters. The summed E-state index contributed by atoms with van der Waals surface area (Å²) in [7, 11) is 0. The number of carboxylic acids is 1. The van der Waals surface area contributed by atoms with E-state index in [0.29, 0.717) is 11.3 Å². The van der Waals surface area contributed by atoms with Gasteiger partial charge in [0, 0.05) is 6.42 Å². The van der Waals surface area contributed by atoms with Gasteiger partial charge in [0.15, 0.2) is 6.04 Å². The van der Waals surface area contributed by atoms with E-state index in [9.17, 15) is 14.4 Å². The van der Waals surface area contributed by atoms with Crippen LogP contribution in [-0.4, -0.2) is 52.1 Å². The number of carbonyl (C=O) groups is 3. The van der Waals surface area contributed by atoms with E-state index >= 15 is 0 Å². The summed E-state index contributed by atoms with van der Waals surface area (Å²) in [4.78, 5) is 35.7. The third-order valence-electron chi connectivity index (χ3n) is 4.48. The van der Waals surface area contributed by atoms with Gasteiger partial charge in [0.05, 0.1) is 13.2 Å². The fraction of sp³-hybridized carbons (Fsp3) is 0.842. The van der Waals surface area contributed by atoms with Gasteiger partial charge in [-0.2, -0.15) is 0 Å². The van der Waals surface area contributed by atoms with Gasteiger partial charge in [0.25, 0.3) is 0 Å². The van der Waals surface area contributed by atoms with E-state index in [0.717, 1.165) is 19.3 Å². The SMILES string of the molecule is CCCCCCCCCCCCCC(=O)N(C(=O)CN)C(CO)C(=O)O. The molecular weight excluding hydrogens is 336 g/mol. The van der Waals surface area contributed by atoms with Gasteiger partial charge in [0.1, 0.15) is 0 Å². The molecule has 0 aromatic carbocycles. The maximum absolute atomic E-state index is 12.2. The summed E-state index contributed by atoms with van der Waals surface area (Å²) < 4.78 is 0. The van der Waals surface area contributed by atoms with Crippen LogP contribution in [0, 0.1) is 0 Å². The molecule has 0 aliphatic carbocycles. The van der Waals surface area contributed by atoms with Crippen molar-refractivity contribution in [2.45, 2.75) is 90.0 Å². The second-order valence-electron chi connectivity index (χ2n) is 6.68. The maximum Gasteiger partial charge on any atom is 0.329 e.